The predicted molar refractivity (Wildman–Crippen MR) is 118 cm³/mol. The van der Waals surface area contributed by atoms with Crippen molar-refractivity contribution in [2.75, 3.05) is 32.1 Å². The van der Waals surface area contributed by atoms with E-state index in [-0.39, 0.29) is 18.0 Å². The van der Waals surface area contributed by atoms with Gasteiger partial charge in [-0.2, -0.15) is 0 Å². The van der Waals surface area contributed by atoms with Crippen LogP contribution in [0.1, 0.15) is 17.7 Å². The largest absolute Gasteiger partial charge is 0.309 e. The molecule has 9 heteroatoms. The van der Waals surface area contributed by atoms with Crippen molar-refractivity contribution in [3.8, 4) is 0 Å². The zero-order valence-electron chi connectivity index (χ0n) is 17.0. The monoisotopic (exact) mass is 433 g/mol. The van der Waals surface area contributed by atoms with Gasteiger partial charge in [-0.05, 0) is 53.0 Å². The number of para-hydroxylation sites is 1. The molecule has 0 fully saturated rings. The fourth-order valence-corrected chi connectivity index (χ4v) is 4.22. The van der Waals surface area contributed by atoms with Crippen LogP contribution in [0.2, 0.25) is 5.02 Å². The number of hydrogen-bond acceptors (Lipinski definition) is 6. The number of fused-ring (bicyclic) bond motifs is 1. The summed E-state index contributed by atoms with van der Waals surface area (Å²) in [6.07, 6.45) is 2.21. The summed E-state index contributed by atoms with van der Waals surface area (Å²) in [6.45, 7) is 4.75. The van der Waals surface area contributed by atoms with Crippen molar-refractivity contribution in [1.29, 1.82) is 0 Å². The third-order valence-electron chi connectivity index (χ3n) is 4.70. The molecule has 1 amide bonds. The fraction of sp³-hybridized carbons (Fsp3) is 0.400. The van der Waals surface area contributed by atoms with Gasteiger partial charge in [0.15, 0.2) is 5.13 Å². The van der Waals surface area contributed by atoms with Crippen molar-refractivity contribution in [3.05, 3.63) is 51.2 Å². The zero-order chi connectivity index (χ0) is 21.1. The van der Waals surface area contributed by atoms with Crippen LogP contribution in [0.3, 0.4) is 0 Å². The van der Waals surface area contributed by atoms with Crippen LogP contribution >= 0.6 is 22.9 Å². The molecule has 0 saturated carbocycles. The van der Waals surface area contributed by atoms with E-state index >= 15 is 0 Å². The molecule has 7 nitrogen and oxygen atoms in total. The fourth-order valence-electron chi connectivity index (χ4n) is 2.91. The summed E-state index contributed by atoms with van der Waals surface area (Å²) in [7, 11) is 3.98. The molecule has 1 aromatic carbocycles. The highest BCUT2D eigenvalue weighted by atomic mass is 35.5. The normalized spacial score (nSPS) is 11.4. The third-order valence-corrected chi connectivity index (χ3v) is 6.05. The first kappa shape index (κ1) is 21.4. The maximum Gasteiger partial charge on any atom is 0.256 e. The second-order valence-electron chi connectivity index (χ2n) is 7.17. The second kappa shape index (κ2) is 9.02. The van der Waals surface area contributed by atoms with Gasteiger partial charge in [0.05, 0.1) is 16.0 Å². The van der Waals surface area contributed by atoms with Gasteiger partial charge in [-0.3, -0.25) is 19.1 Å². The van der Waals surface area contributed by atoms with Gasteiger partial charge in [-0.15, -0.1) is 0 Å². The molecule has 29 heavy (non-hydrogen) atoms. The zero-order valence-corrected chi connectivity index (χ0v) is 18.5. The Morgan fingerprint density at radius 1 is 1.24 bits per heavy atom. The molecule has 0 unspecified atom stereocenters. The van der Waals surface area contributed by atoms with E-state index in [1.54, 1.807) is 24.8 Å². The Balaban J connectivity index is 1.91. The molecule has 0 aliphatic carbocycles. The first-order valence-corrected chi connectivity index (χ1v) is 10.5. The summed E-state index contributed by atoms with van der Waals surface area (Å²) in [4.78, 5) is 38.2. The van der Waals surface area contributed by atoms with Crippen molar-refractivity contribution < 1.29 is 4.79 Å². The van der Waals surface area contributed by atoms with E-state index in [4.69, 9.17) is 11.6 Å². The van der Waals surface area contributed by atoms with Crippen LogP contribution in [-0.4, -0.2) is 52.5 Å². The first-order valence-electron chi connectivity index (χ1n) is 9.30. The van der Waals surface area contributed by atoms with E-state index < -0.39 is 0 Å². The lowest BCUT2D eigenvalue weighted by Gasteiger charge is -2.21. The lowest BCUT2D eigenvalue weighted by molar-refractivity contribution is -0.119. The minimum absolute atomic E-state index is 0.0847. The lowest BCUT2D eigenvalue weighted by atomic mass is 10.3. The van der Waals surface area contributed by atoms with Crippen LogP contribution in [0.25, 0.3) is 10.2 Å². The second-order valence-corrected chi connectivity index (χ2v) is 8.59. The van der Waals surface area contributed by atoms with E-state index in [9.17, 15) is 9.59 Å². The first-order chi connectivity index (χ1) is 13.8. The Labute approximate surface area is 178 Å². The summed E-state index contributed by atoms with van der Waals surface area (Å²) >= 11 is 7.68. The number of anilines is 1. The number of aryl methyl sites for hydroxylation is 1. The van der Waals surface area contributed by atoms with E-state index in [0.29, 0.717) is 33.5 Å². The average molecular weight is 434 g/mol. The average Bonchev–Trinajstić information content (AvgIpc) is 3.10. The highest BCUT2D eigenvalue weighted by molar-refractivity contribution is 7.22. The number of aromatic nitrogens is 3. The molecular weight excluding hydrogens is 410 g/mol. The number of rotatable bonds is 7. The quantitative estimate of drug-likeness (QED) is 0.572. The molecule has 0 aliphatic heterocycles. The van der Waals surface area contributed by atoms with E-state index in [2.05, 4.69) is 14.9 Å². The minimum atomic E-state index is -0.203. The minimum Gasteiger partial charge on any atom is -0.309 e. The topological polar surface area (TPSA) is 71.3 Å². The molecule has 2 aromatic heterocycles. The molecule has 3 rings (SSSR count). The van der Waals surface area contributed by atoms with Gasteiger partial charge < -0.3 is 4.90 Å². The van der Waals surface area contributed by atoms with Crippen LogP contribution in [0.5, 0.6) is 0 Å². The number of nitrogens with zero attached hydrogens (tertiary/aromatic N) is 5. The van der Waals surface area contributed by atoms with Crippen molar-refractivity contribution in [1.82, 2.24) is 19.4 Å². The number of amides is 1. The molecule has 154 valence electrons. The Hall–Kier alpha value is -2.29. The van der Waals surface area contributed by atoms with Crippen LogP contribution < -0.4 is 10.5 Å². The van der Waals surface area contributed by atoms with Crippen LogP contribution in [0, 0.1) is 13.8 Å². The van der Waals surface area contributed by atoms with Crippen LogP contribution in [0.4, 0.5) is 5.13 Å². The Kier molecular flexibility index (Phi) is 6.66. The van der Waals surface area contributed by atoms with E-state index in [1.807, 2.05) is 26.2 Å². The molecular formula is C20H24ClN5O2S. The van der Waals surface area contributed by atoms with Crippen molar-refractivity contribution >= 4 is 44.2 Å². The number of halogens is 1. The van der Waals surface area contributed by atoms with E-state index in [1.165, 1.54) is 22.2 Å². The van der Waals surface area contributed by atoms with Crippen molar-refractivity contribution in [2.45, 2.75) is 26.8 Å². The third kappa shape index (κ3) is 4.83. The molecule has 0 N–H and O–H groups in total. The van der Waals surface area contributed by atoms with Crippen molar-refractivity contribution in [2.24, 2.45) is 0 Å². The maximum absolute atomic E-state index is 13.2. The highest BCUT2D eigenvalue weighted by Crippen LogP contribution is 2.33. The number of carbonyl (C=O) groups is 1. The highest BCUT2D eigenvalue weighted by Gasteiger charge is 2.21. The molecule has 0 atom stereocenters. The summed E-state index contributed by atoms with van der Waals surface area (Å²) in [6, 6.07) is 5.58. The van der Waals surface area contributed by atoms with Gasteiger partial charge in [0.2, 0.25) is 5.91 Å². The number of carbonyl (C=O) groups excluding carboxylic acids is 1. The van der Waals surface area contributed by atoms with Gasteiger partial charge in [-0.1, -0.05) is 29.0 Å². The van der Waals surface area contributed by atoms with Gasteiger partial charge in [0, 0.05) is 17.8 Å². The lowest BCUT2D eigenvalue weighted by Crippen LogP contribution is -2.38. The Morgan fingerprint density at radius 3 is 2.69 bits per heavy atom. The summed E-state index contributed by atoms with van der Waals surface area (Å²) in [5, 5.41) is 1.14. The molecule has 2 heterocycles. The molecule has 0 aliphatic rings. The summed E-state index contributed by atoms with van der Waals surface area (Å²) < 4.78 is 2.27. The van der Waals surface area contributed by atoms with Gasteiger partial charge in [0.25, 0.3) is 5.56 Å². The smallest absolute Gasteiger partial charge is 0.256 e. The number of hydrogen-bond donors (Lipinski definition) is 0. The maximum atomic E-state index is 13.2. The molecule has 0 bridgehead atoms. The SMILES string of the molecule is Cc1ncn(CC(=O)N(CCCN(C)C)c2nc3c(Cl)cccc3s2)c(=O)c1C. The Morgan fingerprint density at radius 2 is 2.00 bits per heavy atom. The number of thiazole rings is 1. The molecule has 0 radical (unpaired) electrons. The van der Waals surface area contributed by atoms with Gasteiger partial charge in [0.1, 0.15) is 12.1 Å². The van der Waals surface area contributed by atoms with Gasteiger partial charge >= 0.3 is 0 Å². The summed E-state index contributed by atoms with van der Waals surface area (Å²) in [5.74, 6) is -0.203. The van der Waals surface area contributed by atoms with Crippen LogP contribution in [0.15, 0.2) is 29.3 Å². The predicted octanol–water partition coefficient (Wildman–Crippen LogP) is 3.11. The summed E-state index contributed by atoms with van der Waals surface area (Å²) in [5.41, 5.74) is 1.70. The van der Waals surface area contributed by atoms with Gasteiger partial charge in [-0.25, -0.2) is 9.97 Å². The van der Waals surface area contributed by atoms with Crippen molar-refractivity contribution in [3.63, 3.8) is 0 Å². The van der Waals surface area contributed by atoms with Crippen LogP contribution in [-0.2, 0) is 11.3 Å². The standard InChI is InChI=1S/C20H24ClN5O2S/c1-13-14(2)22-12-25(19(13)28)11-17(27)26(10-6-9-24(3)4)20-23-18-15(21)7-5-8-16(18)29-20/h5,7-8,12H,6,9-11H2,1-4H3. The van der Waals surface area contributed by atoms with E-state index in [0.717, 1.165) is 17.7 Å². The molecule has 0 saturated heterocycles. The Bertz CT molecular complexity index is 1090. The molecule has 3 aromatic rings. The number of benzene rings is 1. The molecule has 0 spiro atoms.